The van der Waals surface area contributed by atoms with Gasteiger partial charge in [-0.3, -0.25) is 9.59 Å². The summed E-state index contributed by atoms with van der Waals surface area (Å²) >= 11 is 0. The van der Waals surface area contributed by atoms with Gasteiger partial charge in [0.25, 0.3) is 0 Å². The van der Waals surface area contributed by atoms with Crippen molar-refractivity contribution in [1.29, 1.82) is 0 Å². The summed E-state index contributed by atoms with van der Waals surface area (Å²) in [6.45, 7) is 22.1. The lowest BCUT2D eigenvalue weighted by Gasteiger charge is -2.45. The van der Waals surface area contributed by atoms with Gasteiger partial charge >= 0.3 is 12.1 Å². The van der Waals surface area contributed by atoms with E-state index in [9.17, 15) is 19.2 Å². The van der Waals surface area contributed by atoms with Crippen molar-refractivity contribution < 1.29 is 28.7 Å². The Balaban J connectivity index is 2.72. The van der Waals surface area contributed by atoms with Gasteiger partial charge in [0.2, 0.25) is 11.8 Å². The Bertz CT molecular complexity index is 1360. The lowest BCUT2D eigenvalue weighted by atomic mass is 9.89. The van der Waals surface area contributed by atoms with Gasteiger partial charge in [-0.25, -0.2) is 9.59 Å². The van der Waals surface area contributed by atoms with Crippen LogP contribution >= 0.6 is 0 Å². The molecule has 260 valence electrons. The Hall–Kier alpha value is -3.88. The minimum absolute atomic E-state index is 0.197. The number of nitrogens with zero attached hydrogens (tertiary/aromatic N) is 1. The van der Waals surface area contributed by atoms with Crippen LogP contribution in [-0.4, -0.2) is 57.6 Å². The third-order valence-corrected chi connectivity index (χ3v) is 8.06. The molecule has 0 fully saturated rings. The molecule has 0 spiro atoms. The monoisotopic (exact) mass is 651 g/mol. The van der Waals surface area contributed by atoms with E-state index in [2.05, 4.69) is 10.6 Å². The van der Waals surface area contributed by atoms with E-state index in [0.717, 1.165) is 11.1 Å². The van der Waals surface area contributed by atoms with Crippen molar-refractivity contribution in [2.45, 2.75) is 137 Å². The first-order valence-electron chi connectivity index (χ1n) is 16.7. The molecule has 0 bridgehead atoms. The molecule has 0 aromatic heterocycles. The van der Waals surface area contributed by atoms with Gasteiger partial charge in [-0.05, 0) is 85.8 Å². The Morgan fingerprint density at radius 1 is 0.809 bits per heavy atom. The highest BCUT2D eigenvalue weighted by Crippen LogP contribution is 2.34. The number of carbonyl (C=O) groups excluding carboxylic acids is 4. The predicted molar refractivity (Wildman–Crippen MR) is 186 cm³/mol. The number of hydrogen-bond donors (Lipinski definition) is 2. The molecular formula is C38H57N3O6. The predicted octanol–water partition coefficient (Wildman–Crippen LogP) is 7.06. The Kier molecular flexibility index (Phi) is 13.6. The first-order valence-corrected chi connectivity index (χ1v) is 16.7. The lowest BCUT2D eigenvalue weighted by Crippen LogP contribution is -2.61. The molecule has 2 rings (SSSR count). The van der Waals surface area contributed by atoms with Gasteiger partial charge in [-0.2, -0.15) is 0 Å². The Morgan fingerprint density at radius 2 is 1.40 bits per heavy atom. The quantitative estimate of drug-likeness (QED) is 0.224. The van der Waals surface area contributed by atoms with Crippen LogP contribution in [0.4, 0.5) is 4.79 Å². The molecule has 4 unspecified atom stereocenters. The summed E-state index contributed by atoms with van der Waals surface area (Å²) in [5, 5.41) is 5.79. The topological polar surface area (TPSA) is 114 Å². The van der Waals surface area contributed by atoms with Crippen LogP contribution < -0.4 is 10.6 Å². The van der Waals surface area contributed by atoms with Crippen molar-refractivity contribution in [3.05, 3.63) is 71.3 Å². The average molecular weight is 652 g/mol. The van der Waals surface area contributed by atoms with E-state index in [0.29, 0.717) is 18.4 Å². The van der Waals surface area contributed by atoms with Gasteiger partial charge in [0.1, 0.15) is 29.3 Å². The standard InChI is InChI=1S/C38H57N3O6/c1-13-26(4)30(40-35(45)47-37(8,9)10)33(43)41(38(11,12)14-2)31(28-22-18-19-25(3)23-28)32(42)39-29(34(44)46-36(5,6)7)24-27-20-16-15-17-21-27/h15-23,26,29-31H,13-14,24H2,1-12H3,(H,39,42)(H,40,45). The lowest BCUT2D eigenvalue weighted by molar-refractivity contribution is -0.159. The molecule has 4 atom stereocenters. The molecule has 9 nitrogen and oxygen atoms in total. The molecule has 2 N–H and O–H groups in total. The highest BCUT2D eigenvalue weighted by Gasteiger charge is 2.45. The fourth-order valence-corrected chi connectivity index (χ4v) is 5.14. The molecule has 9 heteroatoms. The number of esters is 1. The van der Waals surface area contributed by atoms with E-state index >= 15 is 0 Å². The zero-order valence-corrected chi connectivity index (χ0v) is 30.5. The maximum absolute atomic E-state index is 14.8. The van der Waals surface area contributed by atoms with Crippen LogP contribution in [0.5, 0.6) is 0 Å². The second kappa shape index (κ2) is 16.3. The molecule has 0 aliphatic heterocycles. The van der Waals surface area contributed by atoms with Crippen LogP contribution in [0.2, 0.25) is 0 Å². The fourth-order valence-electron chi connectivity index (χ4n) is 5.14. The van der Waals surface area contributed by atoms with Gasteiger partial charge in [-0.1, -0.05) is 87.4 Å². The van der Waals surface area contributed by atoms with Gasteiger partial charge in [0.15, 0.2) is 0 Å². The van der Waals surface area contributed by atoms with Crippen molar-refractivity contribution in [2.75, 3.05) is 0 Å². The zero-order chi connectivity index (χ0) is 35.7. The molecule has 0 aliphatic carbocycles. The molecule has 0 saturated carbocycles. The number of alkyl carbamates (subject to hydrolysis) is 1. The number of nitrogens with one attached hydrogen (secondary N) is 2. The van der Waals surface area contributed by atoms with Crippen molar-refractivity contribution >= 4 is 23.9 Å². The van der Waals surface area contributed by atoms with Gasteiger partial charge < -0.3 is 25.0 Å². The summed E-state index contributed by atoms with van der Waals surface area (Å²) in [5.74, 6) is -1.80. The SMILES string of the molecule is CCC(C)C(NC(=O)OC(C)(C)C)C(=O)N(C(C(=O)NC(Cc1ccccc1)C(=O)OC(C)(C)C)c1cccc(C)c1)C(C)(C)CC. The van der Waals surface area contributed by atoms with Crippen molar-refractivity contribution in [3.63, 3.8) is 0 Å². The van der Waals surface area contributed by atoms with Crippen LogP contribution in [0.3, 0.4) is 0 Å². The maximum atomic E-state index is 14.8. The van der Waals surface area contributed by atoms with E-state index in [4.69, 9.17) is 9.47 Å². The summed E-state index contributed by atoms with van der Waals surface area (Å²) in [5.41, 5.74) is -0.0631. The number of amides is 3. The van der Waals surface area contributed by atoms with Crippen molar-refractivity contribution in [3.8, 4) is 0 Å². The average Bonchev–Trinajstić information content (AvgIpc) is 2.96. The van der Waals surface area contributed by atoms with E-state index in [1.54, 1.807) is 46.4 Å². The molecule has 0 aliphatic rings. The number of hydrogen-bond acceptors (Lipinski definition) is 6. The fraction of sp³-hybridized carbons (Fsp3) is 0.579. The van der Waals surface area contributed by atoms with E-state index in [1.807, 2.05) is 96.1 Å². The smallest absolute Gasteiger partial charge is 0.408 e. The minimum Gasteiger partial charge on any atom is -0.458 e. The van der Waals surface area contributed by atoms with Crippen LogP contribution in [0.25, 0.3) is 0 Å². The largest absolute Gasteiger partial charge is 0.458 e. The molecule has 0 radical (unpaired) electrons. The number of carbonyl (C=O) groups is 4. The summed E-state index contributed by atoms with van der Waals surface area (Å²) in [7, 11) is 0. The van der Waals surface area contributed by atoms with E-state index in [-0.39, 0.29) is 12.3 Å². The molecule has 3 amide bonds. The number of ether oxygens (including phenoxy) is 2. The molecule has 2 aromatic rings. The first-order chi connectivity index (χ1) is 21.7. The zero-order valence-electron chi connectivity index (χ0n) is 30.5. The third-order valence-electron chi connectivity index (χ3n) is 8.06. The van der Waals surface area contributed by atoms with Gasteiger partial charge in [0, 0.05) is 12.0 Å². The van der Waals surface area contributed by atoms with E-state index in [1.165, 1.54) is 0 Å². The molecule has 0 heterocycles. The van der Waals surface area contributed by atoms with Crippen LogP contribution in [0.1, 0.15) is 112 Å². The van der Waals surface area contributed by atoms with Gasteiger partial charge in [0.05, 0.1) is 0 Å². The second-order valence-corrected chi connectivity index (χ2v) is 15.0. The van der Waals surface area contributed by atoms with Crippen LogP contribution in [-0.2, 0) is 30.3 Å². The molecular weight excluding hydrogens is 594 g/mol. The highest BCUT2D eigenvalue weighted by atomic mass is 16.6. The summed E-state index contributed by atoms with van der Waals surface area (Å²) in [6.07, 6.45) is 0.581. The Morgan fingerprint density at radius 3 is 1.91 bits per heavy atom. The number of benzene rings is 2. The molecule has 47 heavy (non-hydrogen) atoms. The van der Waals surface area contributed by atoms with Crippen LogP contribution in [0, 0.1) is 12.8 Å². The summed E-state index contributed by atoms with van der Waals surface area (Å²) in [6, 6.07) is 13.7. The highest BCUT2D eigenvalue weighted by molar-refractivity contribution is 5.94. The molecule has 0 saturated heterocycles. The van der Waals surface area contributed by atoms with Crippen LogP contribution in [0.15, 0.2) is 54.6 Å². The van der Waals surface area contributed by atoms with Crippen molar-refractivity contribution in [1.82, 2.24) is 15.5 Å². The summed E-state index contributed by atoms with van der Waals surface area (Å²) in [4.78, 5) is 57.7. The third kappa shape index (κ3) is 12.0. The maximum Gasteiger partial charge on any atom is 0.408 e. The summed E-state index contributed by atoms with van der Waals surface area (Å²) < 4.78 is 11.3. The Labute approximate surface area is 282 Å². The molecule has 2 aromatic carbocycles. The van der Waals surface area contributed by atoms with E-state index < -0.39 is 58.7 Å². The second-order valence-electron chi connectivity index (χ2n) is 15.0. The number of rotatable bonds is 13. The number of aryl methyl sites for hydroxylation is 1. The normalized spacial score (nSPS) is 14.6. The first kappa shape index (κ1) is 39.3. The van der Waals surface area contributed by atoms with Crippen molar-refractivity contribution in [2.24, 2.45) is 5.92 Å². The van der Waals surface area contributed by atoms with Gasteiger partial charge in [-0.15, -0.1) is 0 Å². The minimum atomic E-state index is -1.13.